The predicted octanol–water partition coefficient (Wildman–Crippen LogP) is 4.82. The van der Waals surface area contributed by atoms with Crippen molar-refractivity contribution in [1.82, 2.24) is 14.6 Å². The quantitative estimate of drug-likeness (QED) is 0.292. The van der Waals surface area contributed by atoms with Gasteiger partial charge in [0.25, 0.3) is 0 Å². The summed E-state index contributed by atoms with van der Waals surface area (Å²) in [6, 6.07) is 18.8. The fourth-order valence-corrected chi connectivity index (χ4v) is 5.50. The van der Waals surface area contributed by atoms with Gasteiger partial charge in [-0.15, -0.1) is 0 Å². The van der Waals surface area contributed by atoms with Gasteiger partial charge in [0.2, 0.25) is 10.0 Å². The molecule has 1 aromatic heterocycles. The van der Waals surface area contributed by atoms with E-state index < -0.39 is 10.0 Å². The second-order valence-corrected chi connectivity index (χ2v) is 11.0. The molecule has 0 fully saturated rings. The van der Waals surface area contributed by atoms with Gasteiger partial charge in [0.05, 0.1) is 10.4 Å². The molecule has 0 saturated heterocycles. The molecule has 0 aliphatic carbocycles. The molecule has 36 heavy (non-hydrogen) atoms. The summed E-state index contributed by atoms with van der Waals surface area (Å²) >= 11 is 6.08. The number of hydrogen-bond donors (Lipinski definition) is 2. The van der Waals surface area contributed by atoms with E-state index in [-0.39, 0.29) is 4.90 Å². The third-order valence-electron chi connectivity index (χ3n) is 6.24. The highest BCUT2D eigenvalue weighted by atomic mass is 35.5. The number of sulfonamides is 1. The van der Waals surface area contributed by atoms with Crippen molar-refractivity contribution in [3.8, 4) is 0 Å². The fraction of sp³-hybridized carbons (Fsp3) is 0.296. The summed E-state index contributed by atoms with van der Waals surface area (Å²) in [5.41, 5.74) is 2.91. The van der Waals surface area contributed by atoms with Crippen LogP contribution in [0.4, 0.5) is 11.4 Å². The van der Waals surface area contributed by atoms with E-state index in [0.717, 1.165) is 52.7 Å². The average Bonchev–Trinajstić information content (AvgIpc) is 2.86. The van der Waals surface area contributed by atoms with Crippen LogP contribution in [0.5, 0.6) is 0 Å². The highest BCUT2D eigenvalue weighted by Gasteiger charge is 2.16. The Kier molecular flexibility index (Phi) is 8.31. The van der Waals surface area contributed by atoms with Gasteiger partial charge in [-0.2, -0.15) is 0 Å². The van der Waals surface area contributed by atoms with Crippen molar-refractivity contribution in [3.05, 3.63) is 71.9 Å². The maximum atomic E-state index is 12.9. The molecule has 1 heterocycles. The first-order valence-corrected chi connectivity index (χ1v) is 13.8. The Bertz CT molecular complexity index is 1460. The monoisotopic (exact) mass is 525 g/mol. The maximum Gasteiger partial charge on any atom is 0.240 e. The van der Waals surface area contributed by atoms with Crippen LogP contribution in [-0.2, 0) is 10.0 Å². The number of nitrogens with one attached hydrogen (secondary N) is 2. The third-order valence-corrected chi connectivity index (χ3v) is 7.93. The standard InChI is InChI=1S/C27H32ClN5O2S/c1-4-33(16-14-30-25-12-13-29-26-19-21(28)8-10-24(25)26)17-15-31-36(34,35)22-9-11-23-20(18-22)6-5-7-27(23)32(2)3/h5-13,18-19,31H,4,14-17H2,1-3H3,(H,29,30). The average molecular weight is 526 g/mol. The first kappa shape index (κ1) is 26.2. The van der Waals surface area contributed by atoms with Gasteiger partial charge in [-0.05, 0) is 54.4 Å². The highest BCUT2D eigenvalue weighted by Crippen LogP contribution is 2.27. The minimum atomic E-state index is -3.60. The molecule has 3 aromatic carbocycles. The van der Waals surface area contributed by atoms with E-state index in [1.54, 1.807) is 18.3 Å². The molecule has 0 aliphatic rings. The summed E-state index contributed by atoms with van der Waals surface area (Å²) in [5, 5.41) is 7.07. The summed E-state index contributed by atoms with van der Waals surface area (Å²) in [6.07, 6.45) is 1.77. The van der Waals surface area contributed by atoms with Crippen LogP contribution in [0.15, 0.2) is 71.8 Å². The lowest BCUT2D eigenvalue weighted by Gasteiger charge is -2.21. The zero-order chi connectivity index (χ0) is 25.7. The molecule has 190 valence electrons. The summed E-state index contributed by atoms with van der Waals surface area (Å²) in [5.74, 6) is 0. The van der Waals surface area contributed by atoms with E-state index in [1.807, 2.05) is 67.5 Å². The number of nitrogens with zero attached hydrogens (tertiary/aromatic N) is 3. The van der Waals surface area contributed by atoms with Gasteiger partial charge in [0.1, 0.15) is 0 Å². The molecule has 0 amide bonds. The number of fused-ring (bicyclic) bond motifs is 2. The number of halogens is 1. The van der Waals surface area contributed by atoms with Gasteiger partial charge >= 0.3 is 0 Å². The molecule has 9 heteroatoms. The largest absolute Gasteiger partial charge is 0.383 e. The van der Waals surface area contributed by atoms with Crippen LogP contribution in [-0.4, -0.2) is 65.1 Å². The lowest BCUT2D eigenvalue weighted by atomic mass is 10.1. The smallest absolute Gasteiger partial charge is 0.240 e. The molecule has 0 aliphatic heterocycles. The molecule has 0 atom stereocenters. The Morgan fingerprint density at radius 3 is 2.50 bits per heavy atom. The first-order valence-electron chi connectivity index (χ1n) is 12.0. The summed E-state index contributed by atoms with van der Waals surface area (Å²) in [4.78, 5) is 8.89. The van der Waals surface area contributed by atoms with Crippen LogP contribution in [0.1, 0.15) is 6.92 Å². The van der Waals surface area contributed by atoms with Crippen LogP contribution < -0.4 is 14.9 Å². The first-order chi connectivity index (χ1) is 17.3. The van der Waals surface area contributed by atoms with Crippen molar-refractivity contribution < 1.29 is 8.42 Å². The zero-order valence-electron chi connectivity index (χ0n) is 20.8. The van der Waals surface area contributed by atoms with Gasteiger partial charge in [-0.3, -0.25) is 4.98 Å². The summed E-state index contributed by atoms with van der Waals surface area (Å²) in [6.45, 7) is 5.34. The molecule has 0 unspecified atom stereocenters. The van der Waals surface area contributed by atoms with Gasteiger partial charge in [0.15, 0.2) is 0 Å². The number of benzene rings is 3. The van der Waals surface area contributed by atoms with Gasteiger partial charge in [-0.1, -0.05) is 36.7 Å². The Morgan fingerprint density at radius 2 is 1.72 bits per heavy atom. The number of rotatable bonds is 11. The van der Waals surface area contributed by atoms with E-state index >= 15 is 0 Å². The second kappa shape index (κ2) is 11.4. The minimum Gasteiger partial charge on any atom is -0.383 e. The number of pyridine rings is 1. The van der Waals surface area contributed by atoms with Crippen LogP contribution in [0.25, 0.3) is 21.7 Å². The van der Waals surface area contributed by atoms with Crippen LogP contribution >= 0.6 is 11.6 Å². The van der Waals surface area contributed by atoms with Gasteiger partial charge in [-0.25, -0.2) is 13.1 Å². The van der Waals surface area contributed by atoms with E-state index in [0.29, 0.717) is 18.1 Å². The molecule has 2 N–H and O–H groups in total. The van der Waals surface area contributed by atoms with Gasteiger partial charge < -0.3 is 15.1 Å². The van der Waals surface area contributed by atoms with Crippen LogP contribution in [0, 0.1) is 0 Å². The Hall–Kier alpha value is -2.91. The van der Waals surface area contributed by atoms with E-state index in [1.165, 1.54) is 0 Å². The van der Waals surface area contributed by atoms with E-state index in [9.17, 15) is 8.42 Å². The number of aromatic nitrogens is 1. The zero-order valence-corrected chi connectivity index (χ0v) is 22.4. The van der Waals surface area contributed by atoms with Crippen LogP contribution in [0.3, 0.4) is 0 Å². The lowest BCUT2D eigenvalue weighted by Crippen LogP contribution is -2.37. The summed E-state index contributed by atoms with van der Waals surface area (Å²) < 4.78 is 28.6. The van der Waals surface area contributed by atoms with Crippen molar-refractivity contribution in [2.45, 2.75) is 11.8 Å². The van der Waals surface area contributed by atoms with Crippen molar-refractivity contribution in [1.29, 1.82) is 0 Å². The summed E-state index contributed by atoms with van der Waals surface area (Å²) in [7, 11) is 0.351. The molecule has 7 nitrogen and oxygen atoms in total. The maximum absolute atomic E-state index is 12.9. The topological polar surface area (TPSA) is 77.6 Å². The Labute approximate surface area is 218 Å². The van der Waals surface area contributed by atoms with E-state index in [2.05, 4.69) is 26.8 Å². The normalized spacial score (nSPS) is 11.9. The minimum absolute atomic E-state index is 0.278. The third kappa shape index (κ3) is 6.07. The highest BCUT2D eigenvalue weighted by molar-refractivity contribution is 7.89. The van der Waals surface area contributed by atoms with Crippen molar-refractivity contribution in [2.24, 2.45) is 0 Å². The molecule has 0 saturated carbocycles. The molecule has 4 aromatic rings. The van der Waals surface area contributed by atoms with Crippen molar-refractivity contribution in [3.63, 3.8) is 0 Å². The second-order valence-electron chi connectivity index (χ2n) is 8.83. The van der Waals surface area contributed by atoms with Gasteiger partial charge in [0, 0.05) is 73.6 Å². The number of anilines is 2. The molecule has 4 rings (SSSR count). The van der Waals surface area contributed by atoms with Crippen molar-refractivity contribution in [2.75, 3.05) is 57.0 Å². The van der Waals surface area contributed by atoms with E-state index in [4.69, 9.17) is 11.6 Å². The molecule has 0 spiro atoms. The van der Waals surface area contributed by atoms with Crippen molar-refractivity contribution >= 4 is 54.7 Å². The fourth-order valence-electron chi connectivity index (χ4n) is 4.28. The predicted molar refractivity (Wildman–Crippen MR) is 151 cm³/mol. The lowest BCUT2D eigenvalue weighted by molar-refractivity contribution is 0.304. The molecule has 0 radical (unpaired) electrons. The van der Waals surface area contributed by atoms with Crippen LogP contribution in [0.2, 0.25) is 5.02 Å². The molecular formula is C27H32ClN5O2S. The number of likely N-dealkylation sites (N-methyl/N-ethyl adjacent to an activating group) is 1. The number of hydrogen-bond acceptors (Lipinski definition) is 6. The Balaban J connectivity index is 1.33. The molecular weight excluding hydrogens is 494 g/mol. The Morgan fingerprint density at radius 1 is 0.944 bits per heavy atom. The SMILES string of the molecule is CCN(CCNc1ccnc2cc(Cl)ccc12)CCNS(=O)(=O)c1ccc2c(N(C)C)cccc2c1. The molecule has 0 bridgehead atoms.